The Morgan fingerprint density at radius 3 is 2.61 bits per heavy atom. The van der Waals surface area contributed by atoms with Gasteiger partial charge in [-0.1, -0.05) is 12.1 Å². The topological polar surface area (TPSA) is 70.7 Å². The Morgan fingerprint density at radius 1 is 1.18 bits per heavy atom. The highest BCUT2D eigenvalue weighted by atomic mass is 32.2. The number of hydrogen-bond donors (Lipinski definition) is 2. The molecular formula is C20H26FN3O3S. The number of hydrogen-bond acceptors (Lipinski definition) is 5. The second kappa shape index (κ2) is 9.00. The maximum atomic E-state index is 13.4. The largest absolute Gasteiger partial charge is 0.497 e. The summed E-state index contributed by atoms with van der Waals surface area (Å²) in [6.07, 6.45) is 2.38. The molecule has 6 nitrogen and oxygen atoms in total. The van der Waals surface area contributed by atoms with E-state index in [0.717, 1.165) is 24.8 Å². The molecule has 0 spiro atoms. The molecule has 28 heavy (non-hydrogen) atoms. The van der Waals surface area contributed by atoms with Crippen LogP contribution in [0.15, 0.2) is 53.4 Å². The third kappa shape index (κ3) is 4.88. The normalized spacial score (nSPS) is 19.9. The van der Waals surface area contributed by atoms with E-state index < -0.39 is 10.0 Å². The first-order valence-electron chi connectivity index (χ1n) is 9.27. The summed E-state index contributed by atoms with van der Waals surface area (Å²) in [5.74, 6) is 0.377. The van der Waals surface area contributed by atoms with E-state index in [4.69, 9.17) is 4.74 Å². The van der Waals surface area contributed by atoms with Gasteiger partial charge in [0.15, 0.2) is 0 Å². The zero-order valence-corrected chi connectivity index (χ0v) is 16.9. The van der Waals surface area contributed by atoms with E-state index in [1.807, 2.05) is 6.07 Å². The van der Waals surface area contributed by atoms with Crippen LogP contribution >= 0.6 is 0 Å². The molecule has 2 N–H and O–H groups in total. The summed E-state index contributed by atoms with van der Waals surface area (Å²) in [4.78, 5) is 0.252. The van der Waals surface area contributed by atoms with E-state index in [2.05, 4.69) is 10.9 Å². The van der Waals surface area contributed by atoms with Gasteiger partial charge in [-0.2, -0.15) is 0 Å². The summed E-state index contributed by atoms with van der Waals surface area (Å²) in [6, 6.07) is 13.2. The molecule has 2 unspecified atom stereocenters. The first kappa shape index (κ1) is 20.7. The minimum Gasteiger partial charge on any atom is -0.497 e. The third-order valence-electron chi connectivity index (χ3n) is 5.03. The van der Waals surface area contributed by atoms with Crippen molar-refractivity contribution in [3.63, 3.8) is 0 Å². The van der Waals surface area contributed by atoms with Gasteiger partial charge in [0.1, 0.15) is 11.6 Å². The fraction of sp³-hybridized carbons (Fsp3) is 0.400. The Kier molecular flexibility index (Phi) is 6.66. The van der Waals surface area contributed by atoms with Crippen LogP contribution in [0.25, 0.3) is 0 Å². The van der Waals surface area contributed by atoms with Crippen molar-refractivity contribution < 1.29 is 17.5 Å². The maximum absolute atomic E-state index is 13.4. The van der Waals surface area contributed by atoms with E-state index in [1.165, 1.54) is 16.4 Å². The molecule has 0 radical (unpaired) electrons. The number of nitrogens with one attached hydrogen (secondary N) is 2. The molecule has 3 rings (SSSR count). The number of hydrazine groups is 1. The zero-order valence-electron chi connectivity index (χ0n) is 16.1. The predicted octanol–water partition coefficient (Wildman–Crippen LogP) is 2.84. The Hall–Kier alpha value is -2.00. The summed E-state index contributed by atoms with van der Waals surface area (Å²) in [5, 5.41) is 0. The molecular weight excluding hydrogens is 381 g/mol. The van der Waals surface area contributed by atoms with Crippen LogP contribution < -0.4 is 15.6 Å². The van der Waals surface area contributed by atoms with Crippen molar-refractivity contribution in [2.45, 2.75) is 36.2 Å². The van der Waals surface area contributed by atoms with Crippen LogP contribution in [-0.4, -0.2) is 39.5 Å². The molecule has 0 aliphatic carbocycles. The molecule has 2 aromatic rings. The van der Waals surface area contributed by atoms with Crippen molar-refractivity contribution in [3.05, 3.63) is 59.9 Å². The van der Waals surface area contributed by atoms with Gasteiger partial charge in [-0.25, -0.2) is 17.1 Å². The van der Waals surface area contributed by atoms with Gasteiger partial charge in [-0.05, 0) is 61.2 Å². The average Bonchev–Trinajstić information content (AvgIpc) is 3.17. The summed E-state index contributed by atoms with van der Waals surface area (Å²) in [5.41, 5.74) is 7.33. The molecule has 2 aromatic carbocycles. The summed E-state index contributed by atoms with van der Waals surface area (Å²) in [6.45, 7) is 0.428. The van der Waals surface area contributed by atoms with E-state index in [1.54, 1.807) is 44.5 Å². The molecule has 1 aliphatic heterocycles. The Labute approximate surface area is 165 Å². The first-order chi connectivity index (χ1) is 13.4. The lowest BCUT2D eigenvalue weighted by atomic mass is 10.00. The highest BCUT2D eigenvalue weighted by Gasteiger charge is 2.26. The first-order valence-corrected chi connectivity index (χ1v) is 10.7. The van der Waals surface area contributed by atoms with Crippen molar-refractivity contribution in [1.82, 2.24) is 15.2 Å². The van der Waals surface area contributed by atoms with E-state index in [9.17, 15) is 12.8 Å². The van der Waals surface area contributed by atoms with E-state index in [0.29, 0.717) is 12.3 Å². The average molecular weight is 408 g/mol. The second-order valence-electron chi connectivity index (χ2n) is 6.97. The standard InChI is InChI=1S/C20H26FN3O3S/c1-24(28(25,26)19-10-8-18(27-2)9-11-19)12-4-7-17-14-20(23-22-17)15-5-3-6-16(21)13-15/h3,5-6,8-11,13,17,20,22-23H,4,7,12,14H2,1-2H3. The molecule has 1 fully saturated rings. The fourth-order valence-corrected chi connectivity index (χ4v) is 4.57. The number of ether oxygens (including phenoxy) is 1. The van der Waals surface area contributed by atoms with Gasteiger partial charge < -0.3 is 4.74 Å². The van der Waals surface area contributed by atoms with Crippen LogP contribution in [0.2, 0.25) is 0 Å². The number of methoxy groups -OCH3 is 1. The minimum absolute atomic E-state index is 0.0569. The van der Waals surface area contributed by atoms with Gasteiger partial charge in [0, 0.05) is 25.7 Å². The zero-order chi connectivity index (χ0) is 20.1. The lowest BCUT2D eigenvalue weighted by molar-refractivity contribution is 0.414. The van der Waals surface area contributed by atoms with Crippen molar-refractivity contribution in [3.8, 4) is 5.75 Å². The Morgan fingerprint density at radius 2 is 1.93 bits per heavy atom. The number of halogens is 1. The molecule has 2 atom stereocenters. The van der Waals surface area contributed by atoms with Crippen molar-refractivity contribution in [2.24, 2.45) is 0 Å². The molecule has 0 aromatic heterocycles. The van der Waals surface area contributed by atoms with Crippen molar-refractivity contribution in [2.75, 3.05) is 20.7 Å². The second-order valence-corrected chi connectivity index (χ2v) is 9.02. The predicted molar refractivity (Wildman–Crippen MR) is 106 cm³/mol. The molecule has 1 heterocycles. The minimum atomic E-state index is -3.52. The van der Waals surface area contributed by atoms with Crippen LogP contribution in [0.1, 0.15) is 30.9 Å². The number of nitrogens with zero attached hydrogens (tertiary/aromatic N) is 1. The van der Waals surface area contributed by atoms with Crippen LogP contribution in [0, 0.1) is 5.82 Å². The monoisotopic (exact) mass is 407 g/mol. The van der Waals surface area contributed by atoms with Gasteiger partial charge in [0.05, 0.1) is 12.0 Å². The smallest absolute Gasteiger partial charge is 0.242 e. The van der Waals surface area contributed by atoms with Gasteiger partial charge >= 0.3 is 0 Å². The lowest BCUT2D eigenvalue weighted by Crippen LogP contribution is -2.32. The molecule has 0 saturated carbocycles. The summed E-state index contributed by atoms with van der Waals surface area (Å²) < 4.78 is 45.1. The van der Waals surface area contributed by atoms with Crippen molar-refractivity contribution in [1.29, 1.82) is 0 Å². The van der Waals surface area contributed by atoms with E-state index in [-0.39, 0.29) is 22.8 Å². The maximum Gasteiger partial charge on any atom is 0.242 e. The van der Waals surface area contributed by atoms with Gasteiger partial charge in [0.2, 0.25) is 10.0 Å². The highest BCUT2D eigenvalue weighted by Crippen LogP contribution is 2.25. The molecule has 1 aliphatic rings. The van der Waals surface area contributed by atoms with E-state index >= 15 is 0 Å². The van der Waals surface area contributed by atoms with Crippen LogP contribution in [0.4, 0.5) is 4.39 Å². The number of rotatable bonds is 8. The number of sulfonamides is 1. The Bertz CT molecular complexity index is 890. The van der Waals surface area contributed by atoms with Crippen LogP contribution in [0.5, 0.6) is 5.75 Å². The molecule has 0 amide bonds. The van der Waals surface area contributed by atoms with Gasteiger partial charge in [0.25, 0.3) is 0 Å². The molecule has 152 valence electrons. The van der Waals surface area contributed by atoms with Gasteiger partial charge in [-0.15, -0.1) is 0 Å². The quantitative estimate of drug-likeness (QED) is 0.704. The molecule has 8 heteroatoms. The SMILES string of the molecule is COc1ccc(S(=O)(=O)N(C)CCCC2CC(c3cccc(F)c3)NN2)cc1. The third-order valence-corrected chi connectivity index (χ3v) is 6.90. The summed E-state index contributed by atoms with van der Waals surface area (Å²) >= 11 is 0. The Balaban J connectivity index is 1.49. The highest BCUT2D eigenvalue weighted by molar-refractivity contribution is 7.89. The van der Waals surface area contributed by atoms with Crippen LogP contribution in [0.3, 0.4) is 0 Å². The molecule has 0 bridgehead atoms. The fourth-order valence-electron chi connectivity index (χ4n) is 3.36. The van der Waals surface area contributed by atoms with Crippen LogP contribution in [-0.2, 0) is 10.0 Å². The van der Waals surface area contributed by atoms with Crippen molar-refractivity contribution >= 4 is 10.0 Å². The lowest BCUT2D eigenvalue weighted by Gasteiger charge is -2.18. The number of benzene rings is 2. The molecule has 1 saturated heterocycles. The summed E-state index contributed by atoms with van der Waals surface area (Å²) in [7, 11) is -0.383. The van der Waals surface area contributed by atoms with Gasteiger partial charge in [-0.3, -0.25) is 10.9 Å².